The molecule has 1 aliphatic rings. The Bertz CT molecular complexity index is 679. The summed E-state index contributed by atoms with van der Waals surface area (Å²) in [5.74, 6) is 0.371. The number of nitrogens with zero attached hydrogens (tertiary/aromatic N) is 1. The summed E-state index contributed by atoms with van der Waals surface area (Å²) in [5, 5.41) is 13.0. The number of piperidine rings is 1. The second kappa shape index (κ2) is 7.49. The molecule has 1 fully saturated rings. The number of benzene rings is 2. The van der Waals surface area contributed by atoms with E-state index in [-0.39, 0.29) is 0 Å². The van der Waals surface area contributed by atoms with E-state index in [1.165, 1.54) is 12.8 Å². The number of aliphatic hydroxyl groups is 1. The van der Waals surface area contributed by atoms with Crippen molar-refractivity contribution in [3.8, 4) is 0 Å². The minimum Gasteiger partial charge on any atom is -0.378 e. The monoisotopic (exact) mass is 324 g/mol. The molecular formula is C20H24N2O2. The largest absolute Gasteiger partial charge is 0.378 e. The quantitative estimate of drug-likeness (QED) is 0.903. The second-order valence-corrected chi connectivity index (χ2v) is 6.52. The number of hydrogen-bond acceptors (Lipinski definition) is 3. The first-order valence-corrected chi connectivity index (χ1v) is 8.52. The summed E-state index contributed by atoms with van der Waals surface area (Å²) in [7, 11) is 0. The van der Waals surface area contributed by atoms with Crippen LogP contribution in [0.4, 0.5) is 11.4 Å². The Labute approximate surface area is 143 Å². The first-order chi connectivity index (χ1) is 11.6. The Hall–Kier alpha value is -2.33. The summed E-state index contributed by atoms with van der Waals surface area (Å²) in [6, 6.07) is 16.8. The molecule has 0 saturated carbocycles. The van der Waals surface area contributed by atoms with Crippen molar-refractivity contribution in [3.05, 3.63) is 60.2 Å². The van der Waals surface area contributed by atoms with Gasteiger partial charge in [-0.05, 0) is 42.5 Å². The molecule has 0 aliphatic carbocycles. The molecule has 126 valence electrons. The van der Waals surface area contributed by atoms with E-state index in [9.17, 15) is 9.90 Å². The molecule has 24 heavy (non-hydrogen) atoms. The van der Waals surface area contributed by atoms with Crippen molar-refractivity contribution in [3.63, 3.8) is 0 Å². The molecule has 1 unspecified atom stereocenters. The van der Waals surface area contributed by atoms with Gasteiger partial charge >= 0.3 is 0 Å². The minimum atomic E-state index is -1.16. The van der Waals surface area contributed by atoms with Gasteiger partial charge in [0.05, 0.1) is 0 Å². The molecule has 4 nitrogen and oxygen atoms in total. The molecule has 1 atom stereocenters. The lowest BCUT2D eigenvalue weighted by molar-refractivity contribution is -0.124. The lowest BCUT2D eigenvalue weighted by Gasteiger charge is -2.32. The third kappa shape index (κ3) is 3.95. The molecule has 0 spiro atoms. The number of anilines is 2. The molecule has 2 N–H and O–H groups in total. The molecule has 0 aromatic heterocycles. The van der Waals surface area contributed by atoms with Gasteiger partial charge in [-0.15, -0.1) is 0 Å². The van der Waals surface area contributed by atoms with E-state index < -0.39 is 12.0 Å². The van der Waals surface area contributed by atoms with E-state index in [2.05, 4.69) is 23.2 Å². The smallest absolute Gasteiger partial charge is 0.257 e. The van der Waals surface area contributed by atoms with Gasteiger partial charge in [0.1, 0.15) is 0 Å². The lowest BCUT2D eigenvalue weighted by atomic mass is 9.99. The van der Waals surface area contributed by atoms with Gasteiger partial charge in [0.2, 0.25) is 0 Å². The number of nitrogens with one attached hydrogen (secondary N) is 1. The molecule has 3 rings (SSSR count). The average molecular weight is 324 g/mol. The predicted octanol–water partition coefficient (Wildman–Crippen LogP) is 3.60. The fraction of sp³-hybridized carbons (Fsp3) is 0.350. The third-order valence-electron chi connectivity index (χ3n) is 4.63. The fourth-order valence-corrected chi connectivity index (χ4v) is 3.04. The third-order valence-corrected chi connectivity index (χ3v) is 4.63. The summed E-state index contributed by atoms with van der Waals surface area (Å²) >= 11 is 0. The average Bonchev–Trinajstić information content (AvgIpc) is 2.62. The highest BCUT2D eigenvalue weighted by molar-refractivity contribution is 5.95. The summed E-state index contributed by atoms with van der Waals surface area (Å²) in [6.45, 7) is 4.38. The van der Waals surface area contributed by atoms with Crippen LogP contribution >= 0.6 is 0 Å². The van der Waals surface area contributed by atoms with Gasteiger partial charge in [0.25, 0.3) is 5.91 Å². The molecule has 0 radical (unpaired) electrons. The van der Waals surface area contributed by atoms with Crippen LogP contribution in [0.5, 0.6) is 0 Å². The Morgan fingerprint density at radius 3 is 2.54 bits per heavy atom. The lowest BCUT2D eigenvalue weighted by Crippen LogP contribution is -2.32. The van der Waals surface area contributed by atoms with Gasteiger partial charge in [-0.2, -0.15) is 0 Å². The first kappa shape index (κ1) is 16.5. The van der Waals surface area contributed by atoms with Crippen molar-refractivity contribution in [2.75, 3.05) is 23.3 Å². The molecule has 4 heteroatoms. The van der Waals surface area contributed by atoms with E-state index in [0.717, 1.165) is 24.7 Å². The number of carbonyl (C=O) groups excluding carboxylic acids is 1. The second-order valence-electron chi connectivity index (χ2n) is 6.52. The van der Waals surface area contributed by atoms with Crippen LogP contribution in [0.25, 0.3) is 0 Å². The maximum absolute atomic E-state index is 12.3. The first-order valence-electron chi connectivity index (χ1n) is 8.52. The van der Waals surface area contributed by atoms with Crippen LogP contribution in [-0.4, -0.2) is 24.1 Å². The number of carbonyl (C=O) groups is 1. The van der Waals surface area contributed by atoms with E-state index in [1.807, 2.05) is 36.4 Å². The van der Waals surface area contributed by atoms with Crippen molar-refractivity contribution < 1.29 is 9.90 Å². The number of rotatable bonds is 4. The Kier molecular flexibility index (Phi) is 5.16. The number of hydrogen-bond donors (Lipinski definition) is 2. The van der Waals surface area contributed by atoms with Crippen LogP contribution < -0.4 is 10.2 Å². The van der Waals surface area contributed by atoms with Crippen molar-refractivity contribution >= 4 is 17.3 Å². The maximum atomic E-state index is 12.3. The van der Waals surface area contributed by atoms with Gasteiger partial charge in [0.15, 0.2) is 6.10 Å². The Morgan fingerprint density at radius 1 is 1.12 bits per heavy atom. The molecule has 1 amide bonds. The summed E-state index contributed by atoms with van der Waals surface area (Å²) in [6.07, 6.45) is 1.23. The standard InChI is InChI=1S/C20H24N2O2/c1-15-10-12-22(13-11-15)18-9-5-8-17(14-18)21-20(24)19(23)16-6-3-2-4-7-16/h2-9,14-15,19,23H,10-13H2,1H3,(H,21,24). The molecule has 2 aromatic carbocycles. The van der Waals surface area contributed by atoms with Gasteiger partial charge < -0.3 is 15.3 Å². The predicted molar refractivity (Wildman–Crippen MR) is 97.1 cm³/mol. The van der Waals surface area contributed by atoms with Crippen molar-refractivity contribution in [1.82, 2.24) is 0 Å². The Balaban J connectivity index is 1.67. The van der Waals surface area contributed by atoms with E-state index in [4.69, 9.17) is 0 Å². The Morgan fingerprint density at radius 2 is 1.83 bits per heavy atom. The highest BCUT2D eigenvalue weighted by Gasteiger charge is 2.19. The highest BCUT2D eigenvalue weighted by atomic mass is 16.3. The highest BCUT2D eigenvalue weighted by Crippen LogP contribution is 2.25. The van der Waals surface area contributed by atoms with Crippen LogP contribution in [-0.2, 0) is 4.79 Å². The van der Waals surface area contributed by atoms with Crippen LogP contribution in [0, 0.1) is 5.92 Å². The summed E-state index contributed by atoms with van der Waals surface area (Å²) in [4.78, 5) is 14.6. The number of amides is 1. The van der Waals surface area contributed by atoms with Crippen LogP contribution in [0.1, 0.15) is 31.4 Å². The van der Waals surface area contributed by atoms with E-state index in [0.29, 0.717) is 11.3 Å². The topological polar surface area (TPSA) is 52.6 Å². The van der Waals surface area contributed by atoms with Gasteiger partial charge in [-0.1, -0.05) is 43.3 Å². The van der Waals surface area contributed by atoms with E-state index >= 15 is 0 Å². The SMILES string of the molecule is CC1CCN(c2cccc(NC(=O)C(O)c3ccccc3)c2)CC1. The molecule has 2 aromatic rings. The minimum absolute atomic E-state index is 0.411. The van der Waals surface area contributed by atoms with Gasteiger partial charge in [-0.25, -0.2) is 0 Å². The normalized spacial score (nSPS) is 16.7. The molecule has 1 aliphatic heterocycles. The maximum Gasteiger partial charge on any atom is 0.257 e. The molecular weight excluding hydrogens is 300 g/mol. The molecule has 1 heterocycles. The van der Waals surface area contributed by atoms with E-state index in [1.54, 1.807) is 12.1 Å². The zero-order chi connectivity index (χ0) is 16.9. The van der Waals surface area contributed by atoms with Gasteiger partial charge in [-0.3, -0.25) is 4.79 Å². The molecule has 0 bridgehead atoms. The zero-order valence-electron chi connectivity index (χ0n) is 14.0. The fourth-order valence-electron chi connectivity index (χ4n) is 3.04. The van der Waals surface area contributed by atoms with Crippen LogP contribution in [0.3, 0.4) is 0 Å². The van der Waals surface area contributed by atoms with Gasteiger partial charge in [0, 0.05) is 24.5 Å². The summed E-state index contributed by atoms with van der Waals surface area (Å²) in [5.41, 5.74) is 2.43. The zero-order valence-corrected chi connectivity index (χ0v) is 14.0. The van der Waals surface area contributed by atoms with Crippen LogP contribution in [0.15, 0.2) is 54.6 Å². The van der Waals surface area contributed by atoms with Crippen LogP contribution in [0.2, 0.25) is 0 Å². The summed E-state index contributed by atoms with van der Waals surface area (Å²) < 4.78 is 0. The van der Waals surface area contributed by atoms with Crippen molar-refractivity contribution in [2.24, 2.45) is 5.92 Å². The molecule has 1 saturated heterocycles. The number of aliphatic hydroxyl groups excluding tert-OH is 1. The van der Waals surface area contributed by atoms with Crippen molar-refractivity contribution in [1.29, 1.82) is 0 Å². The van der Waals surface area contributed by atoms with Crippen molar-refractivity contribution in [2.45, 2.75) is 25.9 Å².